The predicted molar refractivity (Wildman–Crippen MR) is 298 cm³/mol. The topological polar surface area (TPSA) is 152 Å². The van der Waals surface area contributed by atoms with Crippen molar-refractivity contribution in [2.75, 3.05) is 0 Å². The van der Waals surface area contributed by atoms with Crippen molar-refractivity contribution in [3.63, 3.8) is 0 Å². The number of aliphatic hydroxyl groups is 1. The highest BCUT2D eigenvalue weighted by molar-refractivity contribution is 5.81. The monoisotopic (exact) mass is 1070 g/mol. The molecule has 10 rings (SSSR count). The van der Waals surface area contributed by atoms with E-state index in [-0.39, 0.29) is 68.8 Å². The first kappa shape index (κ1) is 62.5. The molecule has 0 amide bonds. The summed E-state index contributed by atoms with van der Waals surface area (Å²) in [7, 11) is 0. The lowest BCUT2D eigenvalue weighted by atomic mass is 9.52. The van der Waals surface area contributed by atoms with E-state index in [4.69, 9.17) is 23.7 Å². The molecule has 10 aliphatic rings. The number of hydrogen-bond acceptors (Lipinski definition) is 11. The van der Waals surface area contributed by atoms with E-state index in [1.54, 1.807) is 13.8 Å². The van der Waals surface area contributed by atoms with Gasteiger partial charge in [-0.15, -0.1) is 0 Å². The number of hydrogen-bond donors (Lipinski definition) is 1. The molecule has 12 atom stereocenters. The molecule has 1 aliphatic heterocycles. The lowest BCUT2D eigenvalue weighted by Gasteiger charge is -2.59. The summed E-state index contributed by atoms with van der Waals surface area (Å²) >= 11 is 0. The Morgan fingerprint density at radius 1 is 0.592 bits per heavy atom. The highest BCUT2D eigenvalue weighted by atomic mass is 16.6. The van der Waals surface area contributed by atoms with Crippen LogP contribution in [-0.2, 0) is 47.7 Å². The van der Waals surface area contributed by atoms with Crippen molar-refractivity contribution in [1.29, 1.82) is 0 Å². The van der Waals surface area contributed by atoms with Gasteiger partial charge in [0.15, 0.2) is 5.60 Å². The Morgan fingerprint density at radius 3 is 1.50 bits per heavy atom. The number of esters is 5. The molecule has 76 heavy (non-hydrogen) atoms. The van der Waals surface area contributed by atoms with Crippen LogP contribution in [0.2, 0.25) is 0 Å². The average molecular weight is 1070 g/mol. The van der Waals surface area contributed by atoms with Crippen LogP contribution in [-0.4, -0.2) is 69.1 Å². The molecule has 0 aromatic rings. The Balaban J connectivity index is 0.000000165. The van der Waals surface area contributed by atoms with E-state index in [2.05, 4.69) is 34.6 Å². The summed E-state index contributed by atoms with van der Waals surface area (Å²) in [5, 5.41) is 10.6. The summed E-state index contributed by atoms with van der Waals surface area (Å²) in [6.45, 7) is 38.0. The van der Waals surface area contributed by atoms with E-state index in [1.807, 2.05) is 83.1 Å². The largest absolute Gasteiger partial charge is 0.459 e. The van der Waals surface area contributed by atoms with Crippen LogP contribution in [0.3, 0.4) is 0 Å². The van der Waals surface area contributed by atoms with Crippen molar-refractivity contribution >= 4 is 29.8 Å². The van der Waals surface area contributed by atoms with E-state index in [0.717, 1.165) is 100 Å². The van der Waals surface area contributed by atoms with E-state index in [0.29, 0.717) is 37.0 Å². The molecule has 436 valence electrons. The van der Waals surface area contributed by atoms with Crippen molar-refractivity contribution in [3.05, 3.63) is 0 Å². The van der Waals surface area contributed by atoms with Crippen molar-refractivity contribution in [3.8, 4) is 0 Å². The van der Waals surface area contributed by atoms with Crippen molar-refractivity contribution in [1.82, 2.24) is 0 Å². The highest BCUT2D eigenvalue weighted by Gasteiger charge is 2.68. The molecule has 1 saturated heterocycles. The number of ether oxygens (including phenoxy) is 5. The van der Waals surface area contributed by atoms with Crippen LogP contribution >= 0.6 is 0 Å². The number of rotatable bonds is 14. The Bertz CT molecular complexity index is 2070. The summed E-state index contributed by atoms with van der Waals surface area (Å²) in [5.41, 5.74) is -3.74. The lowest BCUT2D eigenvalue weighted by molar-refractivity contribution is -0.225. The standard InChI is InChI=1S/C20H32O2.C16H26O3.C15H28O2.C14H24O4/c1-5-19(3,4)18(21)22-20(6-2)11-14-10-15(20)17-13-8-7-12(9-13)16(14)17;1-4-14(2,3)13(17)19-16-8-11-5-12(9-16)7-15(18,6-11)10-16;1-7-14(5,6)12(16)17-15(13(2,3)4)10-8-9-11-15;1-7-10-11(15)17-9(3)14(10,6)18-12(16)13(4,5)8-2/h12-17H,5-11H2,1-4H3;11-12,18H,4-10H2,1-3H3;7-11H2,1-6H3;9-10H,7-8H2,1-6H3. The van der Waals surface area contributed by atoms with Gasteiger partial charge in [-0.25, -0.2) is 0 Å². The fourth-order valence-electron chi connectivity index (χ4n) is 16.0. The Labute approximate surface area is 461 Å². The van der Waals surface area contributed by atoms with Gasteiger partial charge >= 0.3 is 29.8 Å². The maximum absolute atomic E-state index is 12.7. The Kier molecular flexibility index (Phi) is 18.4. The summed E-state index contributed by atoms with van der Waals surface area (Å²) in [4.78, 5) is 61.3. The smallest absolute Gasteiger partial charge is 0.313 e. The zero-order valence-electron chi connectivity index (χ0n) is 51.7. The zero-order valence-corrected chi connectivity index (χ0v) is 51.7. The fourth-order valence-corrected chi connectivity index (χ4v) is 16.0. The SMILES string of the molecule is CCC(C)(C)C(=O)OC1(C(C)(C)C)CCCC1.CCC(C)(C)C(=O)OC1(CC)CC2CC1C1C3CCC(C3)C21.CCC(C)(C)C(=O)OC12CC3CC(CC(O)(C3)C1)C2.CCC1C(=O)OC(C)C1(C)OC(=O)C(C)(C)CC. The van der Waals surface area contributed by atoms with Gasteiger partial charge in [0.25, 0.3) is 0 Å². The molecule has 12 unspecified atom stereocenters. The second-order valence-corrected chi connectivity index (χ2v) is 30.3. The lowest BCUT2D eigenvalue weighted by Crippen LogP contribution is -2.61. The van der Waals surface area contributed by atoms with Crippen LogP contribution in [0, 0.1) is 80.3 Å². The molecule has 11 heteroatoms. The molecule has 1 N–H and O–H groups in total. The molecule has 9 aliphatic carbocycles. The first-order valence-electron chi connectivity index (χ1n) is 30.9. The molecule has 10 fully saturated rings. The van der Waals surface area contributed by atoms with Gasteiger partial charge in [0.1, 0.15) is 22.9 Å². The van der Waals surface area contributed by atoms with Crippen LogP contribution in [0.1, 0.15) is 266 Å². The molecule has 11 nitrogen and oxygen atoms in total. The van der Waals surface area contributed by atoms with E-state index < -0.39 is 28.1 Å². The van der Waals surface area contributed by atoms with Crippen molar-refractivity contribution in [2.45, 2.75) is 300 Å². The van der Waals surface area contributed by atoms with Crippen LogP contribution in [0.5, 0.6) is 0 Å². The third kappa shape index (κ3) is 12.2. The van der Waals surface area contributed by atoms with Gasteiger partial charge in [-0.05, 0) is 239 Å². The van der Waals surface area contributed by atoms with Gasteiger partial charge in [0, 0.05) is 17.8 Å². The number of carbonyl (C=O) groups is 5. The molecule has 0 spiro atoms. The number of fused-ring (bicyclic) bond motifs is 9. The minimum atomic E-state index is -0.852. The van der Waals surface area contributed by atoms with Crippen LogP contribution in [0.4, 0.5) is 0 Å². The fraction of sp³-hybridized carbons (Fsp3) is 0.923. The van der Waals surface area contributed by atoms with Crippen molar-refractivity contribution in [2.24, 2.45) is 80.3 Å². The molecule has 1 heterocycles. The van der Waals surface area contributed by atoms with Crippen LogP contribution < -0.4 is 0 Å². The first-order chi connectivity index (χ1) is 35.0. The summed E-state index contributed by atoms with van der Waals surface area (Å²) in [6.07, 6.45) is 21.4. The van der Waals surface area contributed by atoms with Gasteiger partial charge in [-0.2, -0.15) is 0 Å². The third-order valence-corrected chi connectivity index (χ3v) is 22.7. The normalized spacial score (nSPS) is 37.4. The minimum Gasteiger partial charge on any atom is -0.459 e. The van der Waals surface area contributed by atoms with Crippen molar-refractivity contribution < 1.29 is 52.8 Å². The molecular formula is C65H110O11. The van der Waals surface area contributed by atoms with E-state index in [9.17, 15) is 29.1 Å². The van der Waals surface area contributed by atoms with Gasteiger partial charge in [0.2, 0.25) is 0 Å². The average Bonchev–Trinajstić information content (AvgIpc) is 4.21. The maximum atomic E-state index is 12.7. The van der Waals surface area contributed by atoms with E-state index in [1.165, 1.54) is 44.9 Å². The molecule has 0 radical (unpaired) electrons. The number of carbonyl (C=O) groups excluding carboxylic acids is 5. The molecule has 8 bridgehead atoms. The third-order valence-electron chi connectivity index (χ3n) is 22.7. The molecular weight excluding hydrogens is 957 g/mol. The van der Waals surface area contributed by atoms with Gasteiger partial charge in [-0.1, -0.05) is 62.3 Å². The second kappa shape index (κ2) is 22.3. The Hall–Kier alpha value is -2.69. The molecule has 0 aromatic carbocycles. The zero-order chi connectivity index (χ0) is 57.0. The number of cyclic esters (lactones) is 1. The van der Waals surface area contributed by atoms with Crippen LogP contribution in [0.15, 0.2) is 0 Å². The Morgan fingerprint density at radius 2 is 1.05 bits per heavy atom. The predicted octanol–water partition coefficient (Wildman–Crippen LogP) is 14.9. The summed E-state index contributed by atoms with van der Waals surface area (Å²) in [5.74, 6) is 5.50. The quantitative estimate of drug-likeness (QED) is 0.101. The maximum Gasteiger partial charge on any atom is 0.313 e. The molecule has 0 aromatic heterocycles. The van der Waals surface area contributed by atoms with Gasteiger partial charge < -0.3 is 28.8 Å². The second-order valence-electron chi connectivity index (χ2n) is 30.3. The van der Waals surface area contributed by atoms with Crippen LogP contribution in [0.25, 0.3) is 0 Å². The van der Waals surface area contributed by atoms with Gasteiger partial charge in [-0.3, -0.25) is 24.0 Å². The highest BCUT2D eigenvalue weighted by Crippen LogP contribution is 2.71. The van der Waals surface area contributed by atoms with E-state index >= 15 is 0 Å². The van der Waals surface area contributed by atoms with Gasteiger partial charge in [0.05, 0.1) is 33.2 Å². The first-order valence-corrected chi connectivity index (χ1v) is 30.9. The summed E-state index contributed by atoms with van der Waals surface area (Å²) < 4.78 is 29.1. The summed E-state index contributed by atoms with van der Waals surface area (Å²) in [6, 6.07) is 0. The minimum absolute atomic E-state index is 0.0307. The molecule has 9 saturated carbocycles.